The molecule has 0 radical (unpaired) electrons. The second kappa shape index (κ2) is 10.2. The van der Waals surface area contributed by atoms with Crippen molar-refractivity contribution in [2.75, 3.05) is 0 Å². The van der Waals surface area contributed by atoms with E-state index in [9.17, 15) is 22.4 Å². The number of carbonyl (C=O) groups is 1. The van der Waals surface area contributed by atoms with E-state index in [1.807, 2.05) is 0 Å². The minimum Gasteiger partial charge on any atom is -0.420 e. The maximum Gasteiger partial charge on any atom is 0.343 e. The van der Waals surface area contributed by atoms with Crippen molar-refractivity contribution in [1.29, 1.82) is 0 Å². The van der Waals surface area contributed by atoms with Crippen LogP contribution in [0.3, 0.4) is 0 Å². The lowest BCUT2D eigenvalue weighted by atomic mass is 9.79. The quantitative estimate of drug-likeness (QED) is 0.188. The minimum atomic E-state index is -1.42. The average molecular weight is 458 g/mol. The van der Waals surface area contributed by atoms with Gasteiger partial charge in [0.2, 0.25) is 5.83 Å². The van der Waals surface area contributed by atoms with E-state index in [4.69, 9.17) is 4.74 Å². The molecule has 2 aromatic carbocycles. The number of ether oxygens (including phenoxy) is 1. The molecule has 0 amide bonds. The van der Waals surface area contributed by atoms with Crippen LogP contribution in [0.15, 0.2) is 72.5 Å². The predicted molar refractivity (Wildman–Crippen MR) is 121 cm³/mol. The smallest absolute Gasteiger partial charge is 0.343 e. The summed E-state index contributed by atoms with van der Waals surface area (Å²) in [6.45, 7) is 9.91. The predicted octanol–water partition coefficient (Wildman–Crippen LogP) is 8.32. The molecule has 6 heteroatoms. The van der Waals surface area contributed by atoms with E-state index in [2.05, 4.69) is 20.1 Å². The molecule has 0 saturated heterocycles. The van der Waals surface area contributed by atoms with Gasteiger partial charge >= 0.3 is 5.97 Å². The highest BCUT2D eigenvalue weighted by Crippen LogP contribution is 2.38. The van der Waals surface area contributed by atoms with E-state index in [0.29, 0.717) is 17.0 Å². The van der Waals surface area contributed by atoms with Gasteiger partial charge in [-0.05, 0) is 60.4 Å². The van der Waals surface area contributed by atoms with Gasteiger partial charge in [0, 0.05) is 5.56 Å². The zero-order chi connectivity index (χ0) is 24.3. The first-order valence-corrected chi connectivity index (χ1v) is 10.8. The molecule has 1 aliphatic carbocycles. The van der Waals surface area contributed by atoms with Crippen LogP contribution in [-0.4, -0.2) is 5.97 Å². The Balaban J connectivity index is 1.76. The summed E-state index contributed by atoms with van der Waals surface area (Å²) in [4.78, 5) is 12.2. The van der Waals surface area contributed by atoms with Crippen molar-refractivity contribution in [2.45, 2.75) is 45.4 Å². The summed E-state index contributed by atoms with van der Waals surface area (Å²) in [5.74, 6) is -5.59. The molecule has 0 bridgehead atoms. The van der Waals surface area contributed by atoms with Gasteiger partial charge in [0.25, 0.3) is 0 Å². The van der Waals surface area contributed by atoms with Gasteiger partial charge in [0.05, 0.1) is 5.56 Å². The molecule has 0 unspecified atom stereocenters. The Hall–Kier alpha value is -3.15. The average Bonchev–Trinajstić information content (AvgIpc) is 2.80. The number of allylic oxidation sites excluding steroid dienone is 3. The Bertz CT molecular complexity index is 1110. The molecule has 0 N–H and O–H groups in total. The second-order valence-electron chi connectivity index (χ2n) is 8.59. The van der Waals surface area contributed by atoms with Gasteiger partial charge in [-0.2, -0.15) is 4.39 Å². The molecule has 174 valence electrons. The number of hydrogen-bond acceptors (Lipinski definition) is 2. The van der Waals surface area contributed by atoms with Crippen molar-refractivity contribution < 1.29 is 27.1 Å². The van der Waals surface area contributed by atoms with E-state index >= 15 is 0 Å². The molecule has 0 spiro atoms. The zero-order valence-electron chi connectivity index (χ0n) is 18.7. The lowest BCUT2D eigenvalue weighted by molar-refractivity contribution is 0.0623. The molecule has 0 aliphatic heterocycles. The van der Waals surface area contributed by atoms with Crippen LogP contribution in [0.2, 0.25) is 0 Å². The van der Waals surface area contributed by atoms with E-state index in [0.717, 1.165) is 25.7 Å². The van der Waals surface area contributed by atoms with Crippen LogP contribution in [0.4, 0.5) is 17.6 Å². The molecule has 2 nitrogen and oxygen atoms in total. The number of rotatable bonds is 6. The van der Waals surface area contributed by atoms with Gasteiger partial charge < -0.3 is 4.74 Å². The van der Waals surface area contributed by atoms with Gasteiger partial charge in [-0.15, -0.1) is 0 Å². The Labute approximate surface area is 191 Å². The van der Waals surface area contributed by atoms with Crippen molar-refractivity contribution in [2.24, 2.45) is 5.92 Å². The molecule has 0 atom stereocenters. The molecule has 0 aromatic heterocycles. The first kappa shape index (κ1) is 24.5. The number of carbonyl (C=O) groups excluding carboxylic acids is 1. The standard InChI is InChI=1S/C27H26F4O2/c1-15(2)23(28)24(29)17(4)33-27(32)20-11-9-19(10-12-20)22-14-13-21(25(30)26(22)31)18-7-5-16(3)6-8-18/h9-14,16,18H,1,4-8H2,2-3H3/b24-23-. The molecule has 33 heavy (non-hydrogen) atoms. The molecule has 2 aromatic rings. The first-order chi connectivity index (χ1) is 15.6. The summed E-state index contributed by atoms with van der Waals surface area (Å²) in [5, 5.41) is 0. The zero-order valence-corrected chi connectivity index (χ0v) is 18.7. The summed E-state index contributed by atoms with van der Waals surface area (Å²) in [7, 11) is 0. The fourth-order valence-corrected chi connectivity index (χ4v) is 3.98. The summed E-state index contributed by atoms with van der Waals surface area (Å²) in [5.41, 5.74) is 0.677. The SMILES string of the molecule is C=C(C)/C(F)=C(/F)C(=C)OC(=O)c1ccc(-c2ccc(C3CCC(C)CC3)c(F)c2F)cc1. The van der Waals surface area contributed by atoms with Crippen molar-refractivity contribution in [3.05, 3.63) is 95.3 Å². The van der Waals surface area contributed by atoms with Crippen LogP contribution >= 0.6 is 0 Å². The lowest BCUT2D eigenvalue weighted by Gasteiger charge is -2.27. The van der Waals surface area contributed by atoms with E-state index < -0.39 is 35.0 Å². The maximum absolute atomic E-state index is 14.9. The minimum absolute atomic E-state index is 0.0114. The molecular weight excluding hydrogens is 432 g/mol. The van der Waals surface area contributed by atoms with E-state index in [-0.39, 0.29) is 22.6 Å². The summed E-state index contributed by atoms with van der Waals surface area (Å²) in [6, 6.07) is 8.69. The first-order valence-electron chi connectivity index (χ1n) is 10.8. The molecule has 1 fully saturated rings. The molecule has 1 aliphatic rings. The van der Waals surface area contributed by atoms with Gasteiger partial charge in [0.1, 0.15) is 0 Å². The van der Waals surface area contributed by atoms with Crippen molar-refractivity contribution in [3.8, 4) is 11.1 Å². The highest BCUT2D eigenvalue weighted by Gasteiger charge is 2.25. The van der Waals surface area contributed by atoms with Crippen LogP contribution in [0.5, 0.6) is 0 Å². The van der Waals surface area contributed by atoms with Crippen molar-refractivity contribution >= 4 is 5.97 Å². The fourth-order valence-electron chi connectivity index (χ4n) is 3.98. The summed E-state index contributed by atoms with van der Waals surface area (Å²) >= 11 is 0. The van der Waals surface area contributed by atoms with Crippen LogP contribution in [0.1, 0.15) is 61.4 Å². The molecule has 1 saturated carbocycles. The third kappa shape index (κ3) is 5.44. The molecule has 0 heterocycles. The summed E-state index contributed by atoms with van der Waals surface area (Å²) in [6.07, 6.45) is 3.67. The van der Waals surface area contributed by atoms with E-state index in [1.165, 1.54) is 31.2 Å². The number of halogens is 4. The Kier molecular flexibility index (Phi) is 7.57. The number of hydrogen-bond donors (Lipinski definition) is 0. The second-order valence-corrected chi connectivity index (χ2v) is 8.59. The highest BCUT2D eigenvalue weighted by atomic mass is 19.2. The van der Waals surface area contributed by atoms with Crippen molar-refractivity contribution in [1.82, 2.24) is 0 Å². The van der Waals surface area contributed by atoms with Gasteiger partial charge in [0.15, 0.2) is 23.2 Å². The fraction of sp³-hybridized carbons (Fsp3) is 0.296. The normalized spacial score (nSPS) is 19.0. The Morgan fingerprint density at radius 3 is 2.09 bits per heavy atom. The molecule has 3 rings (SSSR count). The largest absolute Gasteiger partial charge is 0.420 e. The number of esters is 1. The molecular formula is C27H26F4O2. The highest BCUT2D eigenvalue weighted by molar-refractivity contribution is 5.91. The van der Waals surface area contributed by atoms with Crippen LogP contribution in [-0.2, 0) is 4.74 Å². The van der Waals surface area contributed by atoms with Crippen molar-refractivity contribution in [3.63, 3.8) is 0 Å². The summed E-state index contributed by atoms with van der Waals surface area (Å²) < 4.78 is 61.9. The van der Waals surface area contributed by atoms with Gasteiger partial charge in [-0.1, -0.05) is 57.2 Å². The van der Waals surface area contributed by atoms with E-state index in [1.54, 1.807) is 12.1 Å². The third-order valence-electron chi connectivity index (χ3n) is 6.03. The van der Waals surface area contributed by atoms with Crippen LogP contribution in [0.25, 0.3) is 11.1 Å². The maximum atomic E-state index is 14.9. The topological polar surface area (TPSA) is 26.3 Å². The Morgan fingerprint density at radius 2 is 1.52 bits per heavy atom. The Morgan fingerprint density at radius 1 is 0.909 bits per heavy atom. The van der Waals surface area contributed by atoms with Gasteiger partial charge in [-0.25, -0.2) is 18.0 Å². The van der Waals surface area contributed by atoms with Crippen LogP contribution < -0.4 is 0 Å². The van der Waals surface area contributed by atoms with Gasteiger partial charge in [-0.3, -0.25) is 0 Å². The monoisotopic (exact) mass is 458 g/mol. The van der Waals surface area contributed by atoms with Crippen LogP contribution in [0, 0.1) is 17.6 Å². The lowest BCUT2D eigenvalue weighted by Crippen LogP contribution is -2.13. The number of benzene rings is 2. The third-order valence-corrected chi connectivity index (χ3v) is 6.03.